The largest absolute Gasteiger partial charge is 0.375 e. The average Bonchev–Trinajstić information content (AvgIpc) is 2.48. The molecule has 0 radical (unpaired) electrons. The molecule has 1 aromatic rings. The standard InChI is InChI=1S/C13H21N5O2/c1-3-10-11(4-2)17-18-13(15-10)16-12(19)7-9-8-14-5-6-20-9/h9,14H,3-8H2,1-2H3,(H,15,16,18,19). The summed E-state index contributed by atoms with van der Waals surface area (Å²) in [6.07, 6.45) is 1.78. The highest BCUT2D eigenvalue weighted by molar-refractivity contribution is 5.89. The molecule has 0 saturated carbocycles. The Morgan fingerprint density at radius 3 is 2.80 bits per heavy atom. The van der Waals surface area contributed by atoms with Gasteiger partial charge in [-0.2, -0.15) is 0 Å². The molecule has 0 spiro atoms. The summed E-state index contributed by atoms with van der Waals surface area (Å²) in [5, 5.41) is 13.9. The van der Waals surface area contributed by atoms with Crippen molar-refractivity contribution in [1.82, 2.24) is 20.5 Å². The van der Waals surface area contributed by atoms with Crippen molar-refractivity contribution in [2.24, 2.45) is 0 Å². The van der Waals surface area contributed by atoms with Gasteiger partial charge in [-0.15, -0.1) is 10.2 Å². The van der Waals surface area contributed by atoms with E-state index in [0.29, 0.717) is 19.6 Å². The van der Waals surface area contributed by atoms with Gasteiger partial charge < -0.3 is 10.1 Å². The van der Waals surface area contributed by atoms with Gasteiger partial charge in [-0.25, -0.2) is 4.98 Å². The van der Waals surface area contributed by atoms with Crippen LogP contribution in [0.1, 0.15) is 31.7 Å². The van der Waals surface area contributed by atoms with Crippen LogP contribution in [0, 0.1) is 0 Å². The molecular weight excluding hydrogens is 258 g/mol. The molecule has 1 amide bonds. The Morgan fingerprint density at radius 1 is 1.35 bits per heavy atom. The fourth-order valence-electron chi connectivity index (χ4n) is 2.12. The summed E-state index contributed by atoms with van der Waals surface area (Å²) in [5.74, 6) is 0.125. The molecule has 1 aliphatic heterocycles. The second-order valence-electron chi connectivity index (χ2n) is 4.69. The van der Waals surface area contributed by atoms with E-state index in [-0.39, 0.29) is 18.0 Å². The Bertz CT molecular complexity index is 460. The van der Waals surface area contributed by atoms with E-state index in [1.807, 2.05) is 13.8 Å². The van der Waals surface area contributed by atoms with Crippen molar-refractivity contribution in [3.05, 3.63) is 11.4 Å². The number of hydrogen-bond acceptors (Lipinski definition) is 6. The van der Waals surface area contributed by atoms with Crippen LogP contribution >= 0.6 is 0 Å². The van der Waals surface area contributed by atoms with Crippen LogP contribution < -0.4 is 10.6 Å². The molecule has 7 nitrogen and oxygen atoms in total. The van der Waals surface area contributed by atoms with Gasteiger partial charge in [-0.3, -0.25) is 10.1 Å². The molecule has 0 bridgehead atoms. The van der Waals surface area contributed by atoms with Gasteiger partial charge >= 0.3 is 0 Å². The van der Waals surface area contributed by atoms with Crippen molar-refractivity contribution in [1.29, 1.82) is 0 Å². The van der Waals surface area contributed by atoms with Gasteiger partial charge in [0.15, 0.2) is 0 Å². The number of nitrogens with zero attached hydrogens (tertiary/aromatic N) is 3. The van der Waals surface area contributed by atoms with Crippen LogP contribution in [0.15, 0.2) is 0 Å². The van der Waals surface area contributed by atoms with E-state index in [4.69, 9.17) is 4.74 Å². The summed E-state index contributed by atoms with van der Waals surface area (Å²) in [7, 11) is 0. The summed E-state index contributed by atoms with van der Waals surface area (Å²) in [6.45, 7) is 6.19. The van der Waals surface area contributed by atoms with Crippen molar-refractivity contribution in [3.8, 4) is 0 Å². The molecule has 1 atom stereocenters. The van der Waals surface area contributed by atoms with E-state index in [0.717, 1.165) is 30.8 Å². The van der Waals surface area contributed by atoms with Crippen LogP contribution in [0.5, 0.6) is 0 Å². The van der Waals surface area contributed by atoms with Gasteiger partial charge in [-0.05, 0) is 12.8 Å². The molecule has 20 heavy (non-hydrogen) atoms. The first kappa shape index (κ1) is 14.8. The maximum absolute atomic E-state index is 11.9. The summed E-state index contributed by atoms with van der Waals surface area (Å²) < 4.78 is 5.49. The van der Waals surface area contributed by atoms with Crippen molar-refractivity contribution in [2.75, 3.05) is 25.0 Å². The summed E-state index contributed by atoms with van der Waals surface area (Å²) in [5.41, 5.74) is 1.76. The van der Waals surface area contributed by atoms with Gasteiger partial charge in [0.05, 0.1) is 30.5 Å². The van der Waals surface area contributed by atoms with Crippen LogP contribution in [-0.2, 0) is 22.4 Å². The minimum atomic E-state index is -0.146. The maximum Gasteiger partial charge on any atom is 0.249 e. The van der Waals surface area contributed by atoms with E-state index in [1.165, 1.54) is 0 Å². The minimum Gasteiger partial charge on any atom is -0.375 e. The molecule has 0 aromatic carbocycles. The average molecular weight is 279 g/mol. The second kappa shape index (κ2) is 7.25. The number of amides is 1. The first-order valence-electron chi connectivity index (χ1n) is 7.07. The van der Waals surface area contributed by atoms with Crippen molar-refractivity contribution < 1.29 is 9.53 Å². The SMILES string of the molecule is CCc1nnc(NC(=O)CC2CNCCO2)nc1CC. The third-order valence-corrected chi connectivity index (χ3v) is 3.18. The molecule has 1 aliphatic rings. The second-order valence-corrected chi connectivity index (χ2v) is 4.69. The number of hydrogen-bond donors (Lipinski definition) is 2. The van der Waals surface area contributed by atoms with E-state index < -0.39 is 0 Å². The van der Waals surface area contributed by atoms with E-state index in [2.05, 4.69) is 25.8 Å². The number of carbonyl (C=O) groups excluding carboxylic acids is 1. The molecule has 2 N–H and O–H groups in total. The smallest absolute Gasteiger partial charge is 0.249 e. The number of aromatic nitrogens is 3. The van der Waals surface area contributed by atoms with Crippen LogP contribution in [0.2, 0.25) is 0 Å². The van der Waals surface area contributed by atoms with Crippen LogP contribution in [-0.4, -0.2) is 46.9 Å². The fourth-order valence-corrected chi connectivity index (χ4v) is 2.12. The normalized spacial score (nSPS) is 18.8. The lowest BCUT2D eigenvalue weighted by Gasteiger charge is -2.22. The molecule has 0 aliphatic carbocycles. The predicted molar refractivity (Wildman–Crippen MR) is 74.4 cm³/mol. The lowest BCUT2D eigenvalue weighted by molar-refractivity contribution is -0.119. The molecule has 1 saturated heterocycles. The molecule has 2 rings (SSSR count). The molecular formula is C13H21N5O2. The summed E-state index contributed by atoms with van der Waals surface area (Å²) in [4.78, 5) is 16.2. The maximum atomic E-state index is 11.9. The highest BCUT2D eigenvalue weighted by atomic mass is 16.5. The van der Waals surface area contributed by atoms with Crippen molar-refractivity contribution in [3.63, 3.8) is 0 Å². The number of nitrogens with one attached hydrogen (secondary N) is 2. The lowest BCUT2D eigenvalue weighted by Crippen LogP contribution is -2.40. The third-order valence-electron chi connectivity index (χ3n) is 3.18. The Morgan fingerprint density at radius 2 is 2.15 bits per heavy atom. The first-order chi connectivity index (χ1) is 9.72. The Balaban J connectivity index is 1.93. The van der Waals surface area contributed by atoms with Gasteiger partial charge in [0, 0.05) is 13.1 Å². The number of ether oxygens (including phenoxy) is 1. The monoisotopic (exact) mass is 279 g/mol. The minimum absolute atomic E-state index is 0.0859. The van der Waals surface area contributed by atoms with Crippen molar-refractivity contribution >= 4 is 11.9 Å². The van der Waals surface area contributed by atoms with Crippen LogP contribution in [0.4, 0.5) is 5.95 Å². The van der Waals surface area contributed by atoms with Crippen LogP contribution in [0.3, 0.4) is 0 Å². The third kappa shape index (κ3) is 3.94. The summed E-state index contributed by atoms with van der Waals surface area (Å²) in [6, 6.07) is 0. The number of carbonyl (C=O) groups is 1. The number of rotatable bonds is 5. The van der Waals surface area contributed by atoms with Crippen LogP contribution in [0.25, 0.3) is 0 Å². The quantitative estimate of drug-likeness (QED) is 0.806. The molecule has 7 heteroatoms. The number of morpholine rings is 1. The Labute approximate surface area is 118 Å². The fraction of sp³-hybridized carbons (Fsp3) is 0.692. The lowest BCUT2D eigenvalue weighted by atomic mass is 10.2. The molecule has 1 fully saturated rings. The Kier molecular flexibility index (Phi) is 5.37. The number of aryl methyl sites for hydroxylation is 2. The van der Waals surface area contributed by atoms with Gasteiger partial charge in [0.2, 0.25) is 11.9 Å². The van der Waals surface area contributed by atoms with Gasteiger partial charge in [-0.1, -0.05) is 13.8 Å². The zero-order valence-corrected chi connectivity index (χ0v) is 12.0. The van der Waals surface area contributed by atoms with E-state index in [9.17, 15) is 4.79 Å². The highest BCUT2D eigenvalue weighted by Crippen LogP contribution is 2.08. The first-order valence-corrected chi connectivity index (χ1v) is 7.07. The Hall–Kier alpha value is -1.60. The highest BCUT2D eigenvalue weighted by Gasteiger charge is 2.18. The van der Waals surface area contributed by atoms with Gasteiger partial charge in [0.1, 0.15) is 0 Å². The van der Waals surface area contributed by atoms with E-state index in [1.54, 1.807) is 0 Å². The molecule has 1 unspecified atom stereocenters. The van der Waals surface area contributed by atoms with E-state index >= 15 is 0 Å². The zero-order valence-electron chi connectivity index (χ0n) is 12.0. The molecule has 110 valence electrons. The molecule has 2 heterocycles. The van der Waals surface area contributed by atoms with Gasteiger partial charge in [0.25, 0.3) is 0 Å². The number of anilines is 1. The van der Waals surface area contributed by atoms with Crippen molar-refractivity contribution in [2.45, 2.75) is 39.2 Å². The topological polar surface area (TPSA) is 89.0 Å². The zero-order chi connectivity index (χ0) is 14.4. The molecule has 1 aromatic heterocycles. The predicted octanol–water partition coefficient (Wildman–Crippen LogP) is 0.313. The summed E-state index contributed by atoms with van der Waals surface area (Å²) >= 11 is 0.